The molecule has 0 aliphatic carbocycles. The summed E-state index contributed by atoms with van der Waals surface area (Å²) in [6.45, 7) is 7.53. The lowest BCUT2D eigenvalue weighted by Gasteiger charge is -2.31. The van der Waals surface area contributed by atoms with E-state index in [1.165, 1.54) is 0 Å². The van der Waals surface area contributed by atoms with Gasteiger partial charge in [-0.3, -0.25) is 4.90 Å². The Morgan fingerprint density at radius 1 is 1.20 bits per heavy atom. The average molecular weight is 274 g/mol. The minimum atomic E-state index is -0.614. The molecule has 1 aromatic rings. The van der Waals surface area contributed by atoms with Crippen LogP contribution in [-0.4, -0.2) is 35.2 Å². The predicted octanol–water partition coefficient (Wildman–Crippen LogP) is 2.83. The van der Waals surface area contributed by atoms with E-state index in [0.29, 0.717) is 5.71 Å². The Balaban J connectivity index is 2.01. The molecule has 0 bridgehead atoms. The number of nitrogens with zero attached hydrogens (tertiary/aromatic N) is 2. The first-order chi connectivity index (χ1) is 9.51. The van der Waals surface area contributed by atoms with Gasteiger partial charge in [-0.05, 0) is 52.3 Å². The molecule has 1 heterocycles. The lowest BCUT2D eigenvalue weighted by atomic mass is 10.0. The van der Waals surface area contributed by atoms with E-state index >= 15 is 0 Å². The van der Waals surface area contributed by atoms with Gasteiger partial charge >= 0.3 is 5.97 Å². The summed E-state index contributed by atoms with van der Waals surface area (Å²) in [7, 11) is 0. The second kappa shape index (κ2) is 6.18. The highest BCUT2D eigenvalue weighted by Crippen LogP contribution is 2.22. The molecule has 1 aliphatic heterocycles. The second-order valence-electron chi connectivity index (χ2n) is 5.67. The van der Waals surface area contributed by atoms with Crippen molar-refractivity contribution in [1.29, 1.82) is 0 Å². The first-order valence-electron chi connectivity index (χ1n) is 7.08. The van der Waals surface area contributed by atoms with Crippen LogP contribution in [0.2, 0.25) is 0 Å². The van der Waals surface area contributed by atoms with E-state index in [9.17, 15) is 4.79 Å². The van der Waals surface area contributed by atoms with E-state index in [-0.39, 0.29) is 5.97 Å². The van der Waals surface area contributed by atoms with Crippen LogP contribution in [-0.2, 0) is 9.63 Å². The van der Waals surface area contributed by atoms with E-state index in [1.807, 2.05) is 51.1 Å². The molecule has 20 heavy (non-hydrogen) atoms. The van der Waals surface area contributed by atoms with Gasteiger partial charge in [0.05, 0.1) is 5.71 Å². The number of likely N-dealkylation sites (tertiary alicyclic amines) is 1. The van der Waals surface area contributed by atoms with Crippen molar-refractivity contribution in [2.45, 2.75) is 39.2 Å². The standard InChI is InChI=1S/C16H22N2O2/c1-13(14-9-5-4-6-10-14)17-20-15(19)16(2,3)18-11-7-8-12-18/h4-6,9-10H,7-8,11-12H2,1-3H3/b17-13+. The summed E-state index contributed by atoms with van der Waals surface area (Å²) in [6, 6.07) is 9.70. The highest BCUT2D eigenvalue weighted by Gasteiger charge is 2.38. The zero-order chi connectivity index (χ0) is 14.6. The van der Waals surface area contributed by atoms with Crippen molar-refractivity contribution < 1.29 is 9.63 Å². The summed E-state index contributed by atoms with van der Waals surface area (Å²) in [5.41, 5.74) is 1.05. The average Bonchev–Trinajstić information content (AvgIpc) is 3.00. The number of oxime groups is 1. The summed E-state index contributed by atoms with van der Waals surface area (Å²) in [5.74, 6) is -0.297. The Hall–Kier alpha value is -1.68. The summed E-state index contributed by atoms with van der Waals surface area (Å²) in [4.78, 5) is 19.5. The SMILES string of the molecule is C/C(=N\OC(=O)C(C)(C)N1CCCC1)c1ccccc1. The van der Waals surface area contributed by atoms with Crippen LogP contribution in [0.1, 0.15) is 39.2 Å². The zero-order valence-electron chi connectivity index (χ0n) is 12.4. The molecule has 1 fully saturated rings. The molecule has 108 valence electrons. The third-order valence-corrected chi connectivity index (χ3v) is 3.85. The van der Waals surface area contributed by atoms with Gasteiger partial charge in [0, 0.05) is 0 Å². The van der Waals surface area contributed by atoms with E-state index in [2.05, 4.69) is 10.1 Å². The molecule has 0 radical (unpaired) electrons. The van der Waals surface area contributed by atoms with E-state index in [1.54, 1.807) is 0 Å². The van der Waals surface area contributed by atoms with Crippen LogP contribution in [0.5, 0.6) is 0 Å². The molecule has 1 aromatic carbocycles. The summed E-state index contributed by atoms with van der Waals surface area (Å²) in [6.07, 6.45) is 2.28. The number of rotatable bonds is 4. The Kier molecular flexibility index (Phi) is 4.55. The molecule has 0 spiro atoms. The van der Waals surface area contributed by atoms with Crippen LogP contribution in [0, 0.1) is 0 Å². The van der Waals surface area contributed by atoms with Gasteiger partial charge < -0.3 is 4.84 Å². The third-order valence-electron chi connectivity index (χ3n) is 3.85. The molecule has 0 saturated carbocycles. The van der Waals surface area contributed by atoms with Gasteiger partial charge in [0.2, 0.25) is 0 Å². The summed E-state index contributed by atoms with van der Waals surface area (Å²) >= 11 is 0. The first kappa shape index (κ1) is 14.7. The third kappa shape index (κ3) is 3.25. The lowest BCUT2D eigenvalue weighted by Crippen LogP contribution is -2.49. The van der Waals surface area contributed by atoms with Crippen molar-refractivity contribution >= 4 is 11.7 Å². The van der Waals surface area contributed by atoms with Gasteiger partial charge in [-0.25, -0.2) is 4.79 Å². The molecule has 4 heteroatoms. The molecule has 2 rings (SSSR count). The Labute approximate surface area is 120 Å². The largest absolute Gasteiger partial charge is 0.354 e. The van der Waals surface area contributed by atoms with Crippen molar-refractivity contribution in [1.82, 2.24) is 4.90 Å². The molecule has 4 nitrogen and oxygen atoms in total. The number of carbonyl (C=O) groups is 1. The van der Waals surface area contributed by atoms with Crippen molar-refractivity contribution in [2.24, 2.45) is 5.16 Å². The molecule has 0 amide bonds. The monoisotopic (exact) mass is 274 g/mol. The molecular formula is C16H22N2O2. The Morgan fingerprint density at radius 3 is 2.40 bits per heavy atom. The zero-order valence-corrected chi connectivity index (χ0v) is 12.4. The Bertz CT molecular complexity index is 488. The van der Waals surface area contributed by atoms with Crippen molar-refractivity contribution in [2.75, 3.05) is 13.1 Å². The van der Waals surface area contributed by atoms with Crippen LogP contribution >= 0.6 is 0 Å². The highest BCUT2D eigenvalue weighted by molar-refractivity contribution is 5.98. The fourth-order valence-electron chi connectivity index (χ4n) is 2.36. The molecular weight excluding hydrogens is 252 g/mol. The maximum Gasteiger partial charge on any atom is 0.354 e. The quantitative estimate of drug-likeness (QED) is 0.481. The van der Waals surface area contributed by atoms with Crippen molar-refractivity contribution in [3.8, 4) is 0 Å². The van der Waals surface area contributed by atoms with Gasteiger partial charge in [0.25, 0.3) is 0 Å². The fraction of sp³-hybridized carbons (Fsp3) is 0.500. The van der Waals surface area contributed by atoms with Gasteiger partial charge in [-0.2, -0.15) is 0 Å². The highest BCUT2D eigenvalue weighted by atomic mass is 16.7. The van der Waals surface area contributed by atoms with Gasteiger partial charge in [0.1, 0.15) is 5.54 Å². The Morgan fingerprint density at radius 2 is 1.80 bits per heavy atom. The summed E-state index contributed by atoms with van der Waals surface area (Å²) < 4.78 is 0. The molecule has 0 atom stereocenters. The van der Waals surface area contributed by atoms with Crippen molar-refractivity contribution in [3.63, 3.8) is 0 Å². The van der Waals surface area contributed by atoms with Gasteiger partial charge in [0.15, 0.2) is 0 Å². The van der Waals surface area contributed by atoms with E-state index in [0.717, 1.165) is 31.5 Å². The minimum Gasteiger partial charge on any atom is -0.316 e. The number of hydrogen-bond donors (Lipinski definition) is 0. The number of hydrogen-bond acceptors (Lipinski definition) is 4. The number of carbonyl (C=O) groups excluding carboxylic acids is 1. The predicted molar refractivity (Wildman–Crippen MR) is 79.6 cm³/mol. The van der Waals surface area contributed by atoms with Crippen LogP contribution < -0.4 is 0 Å². The van der Waals surface area contributed by atoms with Crippen molar-refractivity contribution in [3.05, 3.63) is 35.9 Å². The van der Waals surface area contributed by atoms with Crippen LogP contribution in [0.25, 0.3) is 0 Å². The fourth-order valence-corrected chi connectivity index (χ4v) is 2.36. The molecule has 1 aliphatic rings. The summed E-state index contributed by atoms with van der Waals surface area (Å²) in [5, 5.41) is 3.97. The van der Waals surface area contributed by atoms with Crippen LogP contribution in [0.3, 0.4) is 0 Å². The van der Waals surface area contributed by atoms with Gasteiger partial charge in [-0.1, -0.05) is 35.5 Å². The normalized spacial score (nSPS) is 17.2. The smallest absolute Gasteiger partial charge is 0.316 e. The second-order valence-corrected chi connectivity index (χ2v) is 5.67. The maximum absolute atomic E-state index is 12.2. The maximum atomic E-state index is 12.2. The first-order valence-corrected chi connectivity index (χ1v) is 7.08. The van der Waals surface area contributed by atoms with E-state index in [4.69, 9.17) is 4.84 Å². The van der Waals surface area contributed by atoms with Gasteiger partial charge in [-0.15, -0.1) is 0 Å². The van der Waals surface area contributed by atoms with Crippen LogP contribution in [0.4, 0.5) is 0 Å². The lowest BCUT2D eigenvalue weighted by molar-refractivity contribution is -0.155. The van der Waals surface area contributed by atoms with Crippen LogP contribution in [0.15, 0.2) is 35.5 Å². The topological polar surface area (TPSA) is 41.9 Å². The molecule has 0 unspecified atom stereocenters. The minimum absolute atomic E-state index is 0.297. The molecule has 0 aromatic heterocycles. The molecule has 1 saturated heterocycles. The van der Waals surface area contributed by atoms with E-state index < -0.39 is 5.54 Å². The molecule has 0 N–H and O–H groups in total. The number of benzene rings is 1.